The highest BCUT2D eigenvalue weighted by Crippen LogP contribution is 2.44. The molecular formula is C20H19NO3. The van der Waals surface area contributed by atoms with E-state index in [1.165, 1.54) is 0 Å². The normalized spacial score (nSPS) is 10.3. The van der Waals surface area contributed by atoms with Gasteiger partial charge in [0, 0.05) is 17.3 Å². The smallest absolute Gasteiger partial charge is 0.203 e. The van der Waals surface area contributed by atoms with Crippen molar-refractivity contribution in [2.45, 2.75) is 0 Å². The number of hydrogen-bond donors (Lipinski definition) is 0. The molecule has 3 rings (SSSR count). The van der Waals surface area contributed by atoms with Crippen LogP contribution in [0.15, 0.2) is 60.8 Å². The summed E-state index contributed by atoms with van der Waals surface area (Å²) in [7, 11) is 4.84. The van der Waals surface area contributed by atoms with Crippen LogP contribution in [0.2, 0.25) is 0 Å². The van der Waals surface area contributed by atoms with Gasteiger partial charge in [-0.05, 0) is 35.9 Å². The Morgan fingerprint density at radius 3 is 2.17 bits per heavy atom. The minimum Gasteiger partial charge on any atom is -0.493 e. The molecule has 4 heteroatoms. The van der Waals surface area contributed by atoms with Crippen LogP contribution in [0, 0.1) is 0 Å². The molecule has 24 heavy (non-hydrogen) atoms. The number of pyridine rings is 1. The van der Waals surface area contributed by atoms with Gasteiger partial charge in [0.05, 0.1) is 27.0 Å². The molecule has 0 bridgehead atoms. The van der Waals surface area contributed by atoms with Crippen LogP contribution >= 0.6 is 0 Å². The van der Waals surface area contributed by atoms with Gasteiger partial charge in [-0.3, -0.25) is 4.98 Å². The molecule has 0 unspecified atom stereocenters. The fourth-order valence-electron chi connectivity index (χ4n) is 2.71. The predicted octanol–water partition coefficient (Wildman–Crippen LogP) is 4.44. The lowest BCUT2D eigenvalue weighted by molar-refractivity contribution is 0.325. The van der Waals surface area contributed by atoms with E-state index >= 15 is 0 Å². The molecule has 0 atom stereocenters. The monoisotopic (exact) mass is 321 g/mol. The summed E-state index contributed by atoms with van der Waals surface area (Å²) in [5.41, 5.74) is 3.94. The first kappa shape index (κ1) is 15.9. The number of hydrogen-bond acceptors (Lipinski definition) is 4. The van der Waals surface area contributed by atoms with Gasteiger partial charge in [-0.25, -0.2) is 0 Å². The third kappa shape index (κ3) is 2.91. The molecule has 2 aromatic carbocycles. The molecule has 0 aliphatic heterocycles. The molecule has 0 aliphatic carbocycles. The molecule has 3 aromatic rings. The number of methoxy groups -OCH3 is 3. The van der Waals surface area contributed by atoms with E-state index in [0.29, 0.717) is 17.2 Å². The zero-order valence-electron chi connectivity index (χ0n) is 13.9. The summed E-state index contributed by atoms with van der Waals surface area (Å²) in [6.45, 7) is 0. The van der Waals surface area contributed by atoms with Crippen LogP contribution in [0.5, 0.6) is 17.2 Å². The lowest BCUT2D eigenvalue weighted by atomic mass is 10.00. The summed E-state index contributed by atoms with van der Waals surface area (Å²) < 4.78 is 16.4. The minimum atomic E-state index is 0.584. The number of benzene rings is 2. The van der Waals surface area contributed by atoms with Crippen molar-refractivity contribution in [3.8, 4) is 39.6 Å². The van der Waals surface area contributed by atoms with E-state index in [0.717, 1.165) is 22.4 Å². The third-order valence-corrected chi connectivity index (χ3v) is 3.84. The topological polar surface area (TPSA) is 40.6 Å². The van der Waals surface area contributed by atoms with Crippen molar-refractivity contribution in [1.29, 1.82) is 0 Å². The highest BCUT2D eigenvalue weighted by atomic mass is 16.5. The Kier molecular flexibility index (Phi) is 4.66. The van der Waals surface area contributed by atoms with E-state index < -0.39 is 0 Å². The first-order valence-electron chi connectivity index (χ1n) is 7.59. The molecule has 4 nitrogen and oxygen atoms in total. The van der Waals surface area contributed by atoms with Crippen molar-refractivity contribution in [3.05, 3.63) is 60.8 Å². The largest absolute Gasteiger partial charge is 0.493 e. The summed E-state index contributed by atoms with van der Waals surface area (Å²) in [6, 6.07) is 17.9. The quantitative estimate of drug-likeness (QED) is 0.696. The zero-order chi connectivity index (χ0) is 16.9. The van der Waals surface area contributed by atoms with Crippen molar-refractivity contribution in [2.75, 3.05) is 21.3 Å². The van der Waals surface area contributed by atoms with Crippen LogP contribution < -0.4 is 14.2 Å². The second kappa shape index (κ2) is 7.04. The molecule has 0 aliphatic rings. The molecule has 0 saturated carbocycles. The Morgan fingerprint density at radius 2 is 1.50 bits per heavy atom. The van der Waals surface area contributed by atoms with Gasteiger partial charge in [-0.15, -0.1) is 0 Å². The second-order valence-electron chi connectivity index (χ2n) is 5.18. The van der Waals surface area contributed by atoms with E-state index in [2.05, 4.69) is 11.1 Å². The van der Waals surface area contributed by atoms with Gasteiger partial charge >= 0.3 is 0 Å². The Hall–Kier alpha value is -3.01. The lowest BCUT2D eigenvalue weighted by Gasteiger charge is -2.16. The first-order valence-corrected chi connectivity index (χ1v) is 7.59. The van der Waals surface area contributed by atoms with Gasteiger partial charge in [0.2, 0.25) is 5.75 Å². The average molecular weight is 321 g/mol. The van der Waals surface area contributed by atoms with E-state index in [1.807, 2.05) is 48.5 Å². The predicted molar refractivity (Wildman–Crippen MR) is 94.8 cm³/mol. The van der Waals surface area contributed by atoms with Crippen LogP contribution in [0.3, 0.4) is 0 Å². The van der Waals surface area contributed by atoms with E-state index in [4.69, 9.17) is 14.2 Å². The first-order chi connectivity index (χ1) is 11.8. The second-order valence-corrected chi connectivity index (χ2v) is 5.18. The lowest BCUT2D eigenvalue weighted by Crippen LogP contribution is -1.97. The summed E-state index contributed by atoms with van der Waals surface area (Å²) >= 11 is 0. The van der Waals surface area contributed by atoms with Crippen LogP contribution in [0.4, 0.5) is 0 Å². The molecule has 1 aromatic heterocycles. The summed E-state index contributed by atoms with van der Waals surface area (Å²) in [5.74, 6) is 1.87. The number of ether oxygens (including phenoxy) is 3. The molecule has 122 valence electrons. The fourth-order valence-corrected chi connectivity index (χ4v) is 2.71. The molecule has 0 spiro atoms. The van der Waals surface area contributed by atoms with Gasteiger partial charge in [-0.1, -0.05) is 24.3 Å². The number of nitrogens with zero attached hydrogens (tertiary/aromatic N) is 1. The Labute approximate surface area is 141 Å². The fraction of sp³-hybridized carbons (Fsp3) is 0.150. The van der Waals surface area contributed by atoms with Gasteiger partial charge in [0.15, 0.2) is 11.5 Å². The van der Waals surface area contributed by atoms with Gasteiger partial charge in [0.25, 0.3) is 0 Å². The van der Waals surface area contributed by atoms with Crippen molar-refractivity contribution >= 4 is 0 Å². The van der Waals surface area contributed by atoms with Crippen LogP contribution in [0.25, 0.3) is 22.4 Å². The van der Waals surface area contributed by atoms with Gasteiger partial charge < -0.3 is 14.2 Å². The Bertz CT molecular complexity index is 832. The number of rotatable bonds is 5. The molecule has 1 heterocycles. The minimum absolute atomic E-state index is 0.584. The van der Waals surface area contributed by atoms with Gasteiger partial charge in [0.1, 0.15) is 0 Å². The highest BCUT2D eigenvalue weighted by molar-refractivity contribution is 5.79. The SMILES string of the molecule is COc1ccc(-c2cccc(-c3ccccn3)c2)c(OC)c1OC. The molecule has 0 fully saturated rings. The maximum absolute atomic E-state index is 5.59. The Morgan fingerprint density at radius 1 is 0.708 bits per heavy atom. The van der Waals surface area contributed by atoms with Crippen molar-refractivity contribution in [3.63, 3.8) is 0 Å². The highest BCUT2D eigenvalue weighted by Gasteiger charge is 2.17. The van der Waals surface area contributed by atoms with Crippen molar-refractivity contribution in [2.24, 2.45) is 0 Å². The zero-order valence-corrected chi connectivity index (χ0v) is 13.9. The van der Waals surface area contributed by atoms with Gasteiger partial charge in [-0.2, -0.15) is 0 Å². The summed E-state index contributed by atoms with van der Waals surface area (Å²) in [5, 5.41) is 0. The summed E-state index contributed by atoms with van der Waals surface area (Å²) in [6.07, 6.45) is 1.79. The van der Waals surface area contributed by atoms with E-state index in [9.17, 15) is 0 Å². The van der Waals surface area contributed by atoms with E-state index in [-0.39, 0.29) is 0 Å². The molecular weight excluding hydrogens is 302 g/mol. The number of aromatic nitrogens is 1. The summed E-state index contributed by atoms with van der Waals surface area (Å²) in [4.78, 5) is 4.41. The molecule has 0 saturated heterocycles. The van der Waals surface area contributed by atoms with Crippen LogP contribution in [-0.4, -0.2) is 26.3 Å². The van der Waals surface area contributed by atoms with E-state index in [1.54, 1.807) is 27.5 Å². The van der Waals surface area contributed by atoms with Crippen LogP contribution in [0.1, 0.15) is 0 Å². The average Bonchev–Trinajstić information content (AvgIpc) is 2.67. The van der Waals surface area contributed by atoms with Crippen molar-refractivity contribution < 1.29 is 14.2 Å². The molecule has 0 amide bonds. The maximum Gasteiger partial charge on any atom is 0.203 e. The maximum atomic E-state index is 5.59. The van der Waals surface area contributed by atoms with Crippen LogP contribution in [-0.2, 0) is 0 Å². The Balaban J connectivity index is 2.13. The molecule has 0 radical (unpaired) electrons. The standard InChI is InChI=1S/C20H19NO3/c1-22-18-11-10-16(19(23-2)20(18)24-3)14-7-6-8-15(13-14)17-9-4-5-12-21-17/h4-13H,1-3H3. The third-order valence-electron chi connectivity index (χ3n) is 3.84. The molecule has 0 N–H and O–H groups in total. The van der Waals surface area contributed by atoms with Crippen molar-refractivity contribution in [1.82, 2.24) is 4.98 Å².